The van der Waals surface area contributed by atoms with E-state index in [1.165, 1.54) is 6.20 Å². The minimum atomic E-state index is -3.57. The molecule has 0 aliphatic carbocycles. The van der Waals surface area contributed by atoms with E-state index in [1.807, 2.05) is 0 Å². The summed E-state index contributed by atoms with van der Waals surface area (Å²) in [6.45, 7) is 0. The molecule has 3 rings (SSSR count). The van der Waals surface area contributed by atoms with Crippen LogP contribution < -0.4 is 0 Å². The molecule has 0 aliphatic rings. The Bertz CT molecular complexity index is 1050. The van der Waals surface area contributed by atoms with Crippen molar-refractivity contribution >= 4 is 44.6 Å². The molecule has 128 valence electrons. The van der Waals surface area contributed by atoms with Gasteiger partial charge in [-0.1, -0.05) is 46.9 Å². The molecule has 0 spiro atoms. The molecule has 0 unspecified atom stereocenters. The van der Waals surface area contributed by atoms with Crippen molar-refractivity contribution in [1.29, 1.82) is 0 Å². The first kappa shape index (κ1) is 18.1. The molecule has 0 saturated heterocycles. The van der Waals surface area contributed by atoms with Gasteiger partial charge in [0.2, 0.25) is 15.0 Å². The zero-order valence-electron chi connectivity index (χ0n) is 12.9. The van der Waals surface area contributed by atoms with Gasteiger partial charge in [-0.15, -0.1) is 0 Å². The Kier molecular flexibility index (Phi) is 5.02. The van der Waals surface area contributed by atoms with Gasteiger partial charge in [0.05, 0.1) is 10.7 Å². The van der Waals surface area contributed by atoms with Gasteiger partial charge in [-0.25, -0.2) is 18.4 Å². The first-order chi connectivity index (χ1) is 11.8. The van der Waals surface area contributed by atoms with Gasteiger partial charge in [0.15, 0.2) is 0 Å². The lowest BCUT2D eigenvalue weighted by molar-refractivity contribution is 0.593. The van der Waals surface area contributed by atoms with Gasteiger partial charge in [0.25, 0.3) is 0 Å². The van der Waals surface area contributed by atoms with Crippen molar-refractivity contribution in [3.8, 4) is 22.4 Å². The topological polar surface area (TPSA) is 59.9 Å². The van der Waals surface area contributed by atoms with Gasteiger partial charge in [-0.3, -0.25) is 0 Å². The highest BCUT2D eigenvalue weighted by Crippen LogP contribution is 2.36. The minimum Gasteiger partial charge on any atom is -0.226 e. The van der Waals surface area contributed by atoms with Crippen LogP contribution in [0.5, 0.6) is 0 Å². The smallest absolute Gasteiger partial charge is 0.226 e. The number of hydrogen-bond acceptors (Lipinski definition) is 4. The number of sulfone groups is 1. The summed E-state index contributed by atoms with van der Waals surface area (Å²) < 4.78 is 23.7. The molecule has 3 aromatic rings. The normalized spacial score (nSPS) is 11.5. The summed E-state index contributed by atoms with van der Waals surface area (Å²) in [5.74, 6) is 0. The summed E-state index contributed by atoms with van der Waals surface area (Å²) in [5.41, 5.74) is 2.38. The Morgan fingerprint density at radius 1 is 0.880 bits per heavy atom. The maximum Gasteiger partial charge on any atom is 0.247 e. The van der Waals surface area contributed by atoms with Gasteiger partial charge >= 0.3 is 0 Å². The Morgan fingerprint density at radius 2 is 1.52 bits per heavy atom. The van der Waals surface area contributed by atoms with E-state index >= 15 is 0 Å². The Balaban J connectivity index is 2.30. The van der Waals surface area contributed by atoms with E-state index in [-0.39, 0.29) is 5.16 Å². The summed E-state index contributed by atoms with van der Waals surface area (Å²) in [6, 6.07) is 12.0. The van der Waals surface area contributed by atoms with E-state index in [4.69, 9.17) is 34.8 Å². The van der Waals surface area contributed by atoms with Crippen molar-refractivity contribution < 1.29 is 8.42 Å². The fourth-order valence-corrected chi connectivity index (χ4v) is 3.40. The van der Waals surface area contributed by atoms with Crippen LogP contribution in [0.3, 0.4) is 0 Å². The fourth-order valence-electron chi connectivity index (χ4n) is 2.27. The molecule has 0 atom stereocenters. The summed E-state index contributed by atoms with van der Waals surface area (Å²) in [4.78, 5) is 8.22. The first-order valence-electron chi connectivity index (χ1n) is 7.04. The van der Waals surface area contributed by atoms with E-state index in [9.17, 15) is 8.42 Å². The van der Waals surface area contributed by atoms with Crippen LogP contribution in [-0.2, 0) is 9.84 Å². The van der Waals surface area contributed by atoms with Gasteiger partial charge < -0.3 is 0 Å². The Labute approximate surface area is 160 Å². The molecule has 0 radical (unpaired) electrons. The number of rotatable bonds is 3. The van der Waals surface area contributed by atoms with Crippen LogP contribution in [0.2, 0.25) is 15.1 Å². The summed E-state index contributed by atoms with van der Waals surface area (Å²) in [5, 5.41) is 1.15. The predicted molar refractivity (Wildman–Crippen MR) is 101 cm³/mol. The van der Waals surface area contributed by atoms with Gasteiger partial charge in [0, 0.05) is 33.6 Å². The van der Waals surface area contributed by atoms with Crippen LogP contribution >= 0.6 is 34.8 Å². The summed E-state index contributed by atoms with van der Waals surface area (Å²) >= 11 is 18.2. The van der Waals surface area contributed by atoms with E-state index in [2.05, 4.69) is 9.97 Å². The third kappa shape index (κ3) is 3.96. The van der Waals surface area contributed by atoms with E-state index < -0.39 is 9.84 Å². The minimum absolute atomic E-state index is 0.272. The second kappa shape index (κ2) is 6.92. The predicted octanol–water partition coefficient (Wildman–Crippen LogP) is 5.17. The van der Waals surface area contributed by atoms with Crippen molar-refractivity contribution in [1.82, 2.24) is 9.97 Å². The maximum atomic E-state index is 11.9. The zero-order chi connectivity index (χ0) is 18.2. The monoisotopic (exact) mass is 412 g/mol. The van der Waals surface area contributed by atoms with Gasteiger partial charge in [-0.05, 0) is 35.9 Å². The van der Waals surface area contributed by atoms with E-state index in [0.29, 0.717) is 31.9 Å². The highest BCUT2D eigenvalue weighted by Gasteiger charge is 2.18. The maximum absolute atomic E-state index is 11.9. The van der Waals surface area contributed by atoms with Crippen LogP contribution in [0.4, 0.5) is 0 Å². The van der Waals surface area contributed by atoms with Crippen molar-refractivity contribution in [2.24, 2.45) is 0 Å². The highest BCUT2D eigenvalue weighted by molar-refractivity contribution is 7.90. The van der Waals surface area contributed by atoms with Crippen LogP contribution in [-0.4, -0.2) is 24.6 Å². The van der Waals surface area contributed by atoms with E-state index in [1.54, 1.807) is 42.5 Å². The quantitative estimate of drug-likeness (QED) is 0.555. The van der Waals surface area contributed by atoms with Crippen LogP contribution in [0.1, 0.15) is 0 Å². The SMILES string of the molecule is CS(=O)(=O)c1ncc(-c2ccc(Cl)cc2)c(-c2ccc(Cl)cc2Cl)n1. The van der Waals surface area contributed by atoms with Crippen molar-refractivity contribution in [2.45, 2.75) is 5.16 Å². The number of nitrogens with zero attached hydrogens (tertiary/aromatic N) is 2. The molecule has 8 heteroatoms. The first-order valence-corrected chi connectivity index (χ1v) is 10.1. The lowest BCUT2D eigenvalue weighted by Gasteiger charge is -2.12. The molecule has 0 aliphatic heterocycles. The lowest BCUT2D eigenvalue weighted by atomic mass is 10.0. The zero-order valence-corrected chi connectivity index (χ0v) is 16.0. The largest absolute Gasteiger partial charge is 0.247 e. The Hall–Kier alpha value is -1.66. The van der Waals surface area contributed by atoms with Crippen LogP contribution in [0.15, 0.2) is 53.8 Å². The number of aromatic nitrogens is 2. The van der Waals surface area contributed by atoms with Crippen molar-refractivity contribution in [3.05, 3.63) is 63.7 Å². The molecule has 0 fully saturated rings. The van der Waals surface area contributed by atoms with Gasteiger partial charge in [-0.2, -0.15) is 0 Å². The van der Waals surface area contributed by atoms with E-state index in [0.717, 1.165) is 11.8 Å². The average molecular weight is 414 g/mol. The fraction of sp³-hybridized carbons (Fsp3) is 0.0588. The number of hydrogen-bond donors (Lipinski definition) is 0. The molecule has 1 heterocycles. The lowest BCUT2D eigenvalue weighted by Crippen LogP contribution is -2.06. The third-order valence-electron chi connectivity index (χ3n) is 3.44. The number of halogens is 3. The second-order valence-corrected chi connectivity index (χ2v) is 8.51. The molecule has 0 bridgehead atoms. The van der Waals surface area contributed by atoms with Gasteiger partial charge in [0.1, 0.15) is 0 Å². The molecule has 0 N–H and O–H groups in total. The average Bonchev–Trinajstić information content (AvgIpc) is 2.54. The van der Waals surface area contributed by atoms with Crippen LogP contribution in [0, 0.1) is 0 Å². The molecule has 0 amide bonds. The molecule has 25 heavy (non-hydrogen) atoms. The Morgan fingerprint density at radius 3 is 2.12 bits per heavy atom. The molecular weight excluding hydrogens is 403 g/mol. The van der Waals surface area contributed by atoms with Crippen LogP contribution in [0.25, 0.3) is 22.4 Å². The second-order valence-electron chi connectivity index (χ2n) is 5.32. The van der Waals surface area contributed by atoms with Crippen molar-refractivity contribution in [2.75, 3.05) is 6.26 Å². The molecule has 4 nitrogen and oxygen atoms in total. The highest BCUT2D eigenvalue weighted by atomic mass is 35.5. The summed E-state index contributed by atoms with van der Waals surface area (Å²) in [6.07, 6.45) is 2.52. The molecule has 1 aromatic heterocycles. The molecule has 0 saturated carbocycles. The standard InChI is InChI=1S/C17H11Cl3N2O2S/c1-25(23,24)17-21-9-14(10-2-4-11(18)5-3-10)16(22-17)13-7-6-12(19)8-15(13)20/h2-9H,1H3. The number of benzene rings is 2. The summed E-state index contributed by atoms with van der Waals surface area (Å²) in [7, 11) is -3.57. The molecular formula is C17H11Cl3N2O2S. The third-order valence-corrected chi connectivity index (χ3v) is 5.10. The van der Waals surface area contributed by atoms with Crippen molar-refractivity contribution in [3.63, 3.8) is 0 Å². The molecule has 2 aromatic carbocycles.